The zero-order valence-electron chi connectivity index (χ0n) is 6.26. The molecule has 4 N–H and O–H groups in total. The standard InChI is InChI=1S/C6H5N3O4/c7-3-1-2(5(10)11)8-4(9-3)6(12)13/h1H,(H,10,11)(H,12,13)(H2,7,8,9). The number of carbonyl (C=O) groups is 2. The third-order valence-electron chi connectivity index (χ3n) is 1.16. The molecule has 13 heavy (non-hydrogen) atoms. The highest BCUT2D eigenvalue weighted by Crippen LogP contribution is 2.02. The van der Waals surface area contributed by atoms with Crippen LogP contribution in [0.5, 0.6) is 0 Å². The highest BCUT2D eigenvalue weighted by Gasteiger charge is 2.13. The van der Waals surface area contributed by atoms with Gasteiger partial charge in [0.15, 0.2) is 5.69 Å². The van der Waals surface area contributed by atoms with Gasteiger partial charge >= 0.3 is 11.9 Å². The largest absolute Gasteiger partial charge is 0.477 e. The summed E-state index contributed by atoms with van der Waals surface area (Å²) in [5.41, 5.74) is 4.72. The summed E-state index contributed by atoms with van der Waals surface area (Å²) in [6.45, 7) is 0. The van der Waals surface area contributed by atoms with Gasteiger partial charge in [-0.3, -0.25) is 0 Å². The van der Waals surface area contributed by atoms with E-state index in [4.69, 9.17) is 15.9 Å². The average Bonchev–Trinajstić information content (AvgIpc) is 2.03. The van der Waals surface area contributed by atoms with Crippen molar-refractivity contribution in [1.29, 1.82) is 0 Å². The van der Waals surface area contributed by atoms with Crippen LogP contribution in [-0.4, -0.2) is 32.1 Å². The van der Waals surface area contributed by atoms with Gasteiger partial charge in [-0.25, -0.2) is 19.6 Å². The second-order valence-corrected chi connectivity index (χ2v) is 2.11. The smallest absolute Gasteiger partial charge is 0.374 e. The predicted molar refractivity (Wildman–Crippen MR) is 40.4 cm³/mol. The minimum atomic E-state index is -1.42. The Kier molecular flexibility index (Phi) is 2.09. The van der Waals surface area contributed by atoms with Gasteiger partial charge in [-0.2, -0.15) is 0 Å². The lowest BCUT2D eigenvalue weighted by Gasteiger charge is -1.97. The Morgan fingerprint density at radius 3 is 2.31 bits per heavy atom. The summed E-state index contributed by atoms with van der Waals surface area (Å²) in [5.74, 6) is -3.59. The molecular formula is C6H5N3O4. The van der Waals surface area contributed by atoms with Crippen molar-refractivity contribution in [3.8, 4) is 0 Å². The van der Waals surface area contributed by atoms with Crippen molar-refractivity contribution >= 4 is 17.8 Å². The van der Waals surface area contributed by atoms with Crippen LogP contribution >= 0.6 is 0 Å². The van der Waals surface area contributed by atoms with Crippen molar-refractivity contribution in [2.24, 2.45) is 0 Å². The molecule has 0 fully saturated rings. The van der Waals surface area contributed by atoms with E-state index in [2.05, 4.69) is 9.97 Å². The van der Waals surface area contributed by atoms with Gasteiger partial charge in [0.2, 0.25) is 5.82 Å². The molecule has 0 radical (unpaired) electrons. The number of hydrogen-bond donors (Lipinski definition) is 3. The Morgan fingerprint density at radius 2 is 1.85 bits per heavy atom. The number of carboxylic acid groups (broad SMARTS) is 2. The highest BCUT2D eigenvalue weighted by atomic mass is 16.4. The van der Waals surface area contributed by atoms with E-state index < -0.39 is 23.5 Å². The fraction of sp³-hybridized carbons (Fsp3) is 0. The van der Waals surface area contributed by atoms with Gasteiger partial charge in [0.05, 0.1) is 0 Å². The first-order valence-corrected chi connectivity index (χ1v) is 3.12. The van der Waals surface area contributed by atoms with Crippen molar-refractivity contribution in [2.45, 2.75) is 0 Å². The Hall–Kier alpha value is -2.18. The zero-order chi connectivity index (χ0) is 10.0. The van der Waals surface area contributed by atoms with Gasteiger partial charge in [0, 0.05) is 6.07 Å². The molecule has 0 spiro atoms. The van der Waals surface area contributed by atoms with Crippen LogP contribution in [0.25, 0.3) is 0 Å². The number of aromatic nitrogens is 2. The molecule has 0 aliphatic carbocycles. The van der Waals surface area contributed by atoms with Crippen LogP contribution in [0.4, 0.5) is 5.82 Å². The monoisotopic (exact) mass is 183 g/mol. The normalized spacial score (nSPS) is 9.54. The Bertz CT molecular complexity index is 344. The van der Waals surface area contributed by atoms with Crippen LogP contribution in [0.1, 0.15) is 21.1 Å². The Balaban J connectivity index is 3.26. The lowest BCUT2D eigenvalue weighted by atomic mass is 10.4. The zero-order valence-corrected chi connectivity index (χ0v) is 6.26. The van der Waals surface area contributed by atoms with Crippen LogP contribution < -0.4 is 5.73 Å². The van der Waals surface area contributed by atoms with E-state index in [0.29, 0.717) is 0 Å². The summed E-state index contributed by atoms with van der Waals surface area (Å²) in [4.78, 5) is 27.3. The summed E-state index contributed by atoms with van der Waals surface area (Å²) in [5, 5.41) is 16.9. The molecule has 68 valence electrons. The van der Waals surface area contributed by atoms with E-state index in [9.17, 15) is 9.59 Å². The lowest BCUT2D eigenvalue weighted by Crippen LogP contribution is -2.11. The molecule has 7 heteroatoms. The van der Waals surface area contributed by atoms with E-state index in [0.717, 1.165) is 6.07 Å². The molecule has 1 aromatic heterocycles. The van der Waals surface area contributed by atoms with E-state index in [-0.39, 0.29) is 5.82 Å². The highest BCUT2D eigenvalue weighted by molar-refractivity contribution is 5.89. The van der Waals surface area contributed by atoms with Gasteiger partial charge in [0.1, 0.15) is 5.82 Å². The number of aromatic carboxylic acids is 2. The van der Waals surface area contributed by atoms with Crippen LogP contribution in [0.3, 0.4) is 0 Å². The number of carboxylic acids is 2. The topological polar surface area (TPSA) is 126 Å². The maximum atomic E-state index is 10.4. The molecule has 1 rings (SSSR count). The molecular weight excluding hydrogens is 178 g/mol. The number of anilines is 1. The second-order valence-electron chi connectivity index (χ2n) is 2.11. The predicted octanol–water partition coefficient (Wildman–Crippen LogP) is -0.545. The fourth-order valence-electron chi connectivity index (χ4n) is 0.671. The van der Waals surface area contributed by atoms with Gasteiger partial charge in [0.25, 0.3) is 0 Å². The molecule has 0 saturated carbocycles. The van der Waals surface area contributed by atoms with Gasteiger partial charge in [-0.05, 0) is 0 Å². The third-order valence-corrected chi connectivity index (χ3v) is 1.16. The molecule has 0 amide bonds. The van der Waals surface area contributed by atoms with E-state index in [1.807, 2.05) is 0 Å². The molecule has 1 aromatic rings. The molecule has 0 aliphatic heterocycles. The third kappa shape index (κ3) is 1.89. The van der Waals surface area contributed by atoms with Crippen molar-refractivity contribution in [3.63, 3.8) is 0 Å². The quantitative estimate of drug-likeness (QED) is 0.561. The Labute approximate surface area is 71.9 Å². The fourth-order valence-corrected chi connectivity index (χ4v) is 0.671. The number of hydrogen-bond acceptors (Lipinski definition) is 5. The van der Waals surface area contributed by atoms with Crippen LogP contribution in [0.2, 0.25) is 0 Å². The van der Waals surface area contributed by atoms with E-state index in [1.54, 1.807) is 0 Å². The minimum absolute atomic E-state index is 0.190. The molecule has 0 atom stereocenters. The summed E-state index contributed by atoms with van der Waals surface area (Å²) in [6.07, 6.45) is 0. The first-order valence-electron chi connectivity index (χ1n) is 3.12. The van der Waals surface area contributed by atoms with E-state index >= 15 is 0 Å². The van der Waals surface area contributed by atoms with E-state index in [1.165, 1.54) is 0 Å². The van der Waals surface area contributed by atoms with Crippen molar-refractivity contribution in [2.75, 3.05) is 5.73 Å². The average molecular weight is 183 g/mol. The van der Waals surface area contributed by atoms with Crippen LogP contribution in [-0.2, 0) is 0 Å². The second kappa shape index (κ2) is 3.05. The first kappa shape index (κ1) is 8.91. The number of nitrogens with two attached hydrogens (primary N) is 1. The SMILES string of the molecule is Nc1cc(C(=O)O)nc(C(=O)O)n1. The summed E-state index contributed by atoms with van der Waals surface area (Å²) < 4.78 is 0. The minimum Gasteiger partial charge on any atom is -0.477 e. The van der Waals surface area contributed by atoms with Crippen molar-refractivity contribution in [3.05, 3.63) is 17.6 Å². The number of nitrogens with zero attached hydrogens (tertiary/aromatic N) is 2. The van der Waals surface area contributed by atoms with Crippen LogP contribution in [0.15, 0.2) is 6.07 Å². The Morgan fingerprint density at radius 1 is 1.23 bits per heavy atom. The maximum Gasteiger partial charge on any atom is 0.374 e. The number of nitrogen functional groups attached to an aromatic ring is 1. The summed E-state index contributed by atoms with van der Waals surface area (Å²) >= 11 is 0. The number of rotatable bonds is 2. The van der Waals surface area contributed by atoms with Crippen LogP contribution in [0, 0.1) is 0 Å². The maximum absolute atomic E-state index is 10.4. The molecule has 0 saturated heterocycles. The first-order chi connectivity index (χ1) is 6.00. The molecule has 0 unspecified atom stereocenters. The summed E-state index contributed by atoms with van der Waals surface area (Å²) in [6, 6.07) is 0.981. The summed E-state index contributed by atoms with van der Waals surface area (Å²) in [7, 11) is 0. The van der Waals surface area contributed by atoms with Gasteiger partial charge in [-0.15, -0.1) is 0 Å². The molecule has 0 aromatic carbocycles. The molecule has 0 aliphatic rings. The van der Waals surface area contributed by atoms with Crippen molar-refractivity contribution < 1.29 is 19.8 Å². The van der Waals surface area contributed by atoms with Gasteiger partial charge < -0.3 is 15.9 Å². The molecule has 1 heterocycles. The lowest BCUT2D eigenvalue weighted by molar-refractivity contribution is 0.0679. The molecule has 0 bridgehead atoms. The van der Waals surface area contributed by atoms with Crippen molar-refractivity contribution in [1.82, 2.24) is 9.97 Å². The van der Waals surface area contributed by atoms with Gasteiger partial charge in [-0.1, -0.05) is 0 Å². The molecule has 7 nitrogen and oxygen atoms in total.